The fourth-order valence-corrected chi connectivity index (χ4v) is 4.85. The van der Waals surface area contributed by atoms with Gasteiger partial charge in [0.05, 0.1) is 22.5 Å². The summed E-state index contributed by atoms with van der Waals surface area (Å²) in [7, 11) is 0. The van der Waals surface area contributed by atoms with Gasteiger partial charge in [0.2, 0.25) is 0 Å². The molecule has 2 atom stereocenters. The zero-order valence-corrected chi connectivity index (χ0v) is 15.3. The van der Waals surface area contributed by atoms with Gasteiger partial charge in [0.25, 0.3) is 0 Å². The van der Waals surface area contributed by atoms with Crippen molar-refractivity contribution in [3.63, 3.8) is 0 Å². The lowest BCUT2D eigenvalue weighted by atomic mass is 9.93. The maximum atomic E-state index is 5.98. The van der Waals surface area contributed by atoms with Crippen LogP contribution >= 0.6 is 43.2 Å². The highest BCUT2D eigenvalue weighted by molar-refractivity contribution is 9.13. The van der Waals surface area contributed by atoms with Crippen molar-refractivity contribution < 1.29 is 4.74 Å². The van der Waals surface area contributed by atoms with E-state index in [4.69, 9.17) is 10.6 Å². The van der Waals surface area contributed by atoms with E-state index < -0.39 is 0 Å². The summed E-state index contributed by atoms with van der Waals surface area (Å²) in [6.07, 6.45) is 1.91. The predicted octanol–water partition coefficient (Wildman–Crippen LogP) is 4.48. The van der Waals surface area contributed by atoms with Crippen LogP contribution in [0.15, 0.2) is 38.6 Å². The molecule has 112 valence electrons. The molecule has 3 rings (SSSR count). The number of thiophene rings is 1. The maximum absolute atomic E-state index is 5.98. The molecule has 3 nitrogen and oxygen atoms in total. The van der Waals surface area contributed by atoms with E-state index >= 15 is 0 Å². The Bertz CT molecular complexity index is 612. The number of hydrogen-bond acceptors (Lipinski definition) is 4. The van der Waals surface area contributed by atoms with Crippen molar-refractivity contribution in [3.8, 4) is 0 Å². The van der Waals surface area contributed by atoms with E-state index in [2.05, 4.69) is 67.6 Å². The van der Waals surface area contributed by atoms with Crippen LogP contribution in [0.5, 0.6) is 0 Å². The van der Waals surface area contributed by atoms with Gasteiger partial charge in [0.1, 0.15) is 0 Å². The minimum Gasteiger partial charge on any atom is -0.373 e. The lowest BCUT2D eigenvalue weighted by Crippen LogP contribution is -2.30. The first-order valence-corrected chi connectivity index (χ1v) is 9.19. The molecule has 1 aliphatic heterocycles. The van der Waals surface area contributed by atoms with Gasteiger partial charge in [-0.2, -0.15) is 0 Å². The van der Waals surface area contributed by atoms with Gasteiger partial charge in [0, 0.05) is 9.35 Å². The van der Waals surface area contributed by atoms with Crippen molar-refractivity contribution in [3.05, 3.63) is 54.6 Å². The molecule has 6 heteroatoms. The van der Waals surface area contributed by atoms with Gasteiger partial charge in [-0.05, 0) is 61.9 Å². The average Bonchev–Trinajstić information content (AvgIpc) is 2.84. The summed E-state index contributed by atoms with van der Waals surface area (Å²) >= 11 is 8.75. The Hall–Kier alpha value is -0.240. The monoisotopic (exact) mass is 430 g/mol. The Morgan fingerprint density at radius 3 is 2.90 bits per heavy atom. The first kappa shape index (κ1) is 15.6. The van der Waals surface area contributed by atoms with Crippen molar-refractivity contribution in [2.24, 2.45) is 5.84 Å². The second kappa shape index (κ2) is 6.89. The minimum atomic E-state index is 0.0776. The van der Waals surface area contributed by atoms with E-state index in [0.29, 0.717) is 0 Å². The Morgan fingerprint density at radius 1 is 1.38 bits per heavy atom. The van der Waals surface area contributed by atoms with Gasteiger partial charge in [-0.1, -0.05) is 24.3 Å². The van der Waals surface area contributed by atoms with Crippen LogP contribution in [0.4, 0.5) is 0 Å². The first-order chi connectivity index (χ1) is 10.2. The lowest BCUT2D eigenvalue weighted by Gasteiger charge is -2.28. The molecule has 21 heavy (non-hydrogen) atoms. The van der Waals surface area contributed by atoms with Crippen molar-refractivity contribution >= 4 is 43.2 Å². The smallest absolute Gasteiger partial charge is 0.0846 e. The Balaban J connectivity index is 1.82. The van der Waals surface area contributed by atoms with E-state index in [0.717, 1.165) is 27.7 Å². The Kier molecular flexibility index (Phi) is 5.14. The molecule has 3 N–H and O–H groups in total. The lowest BCUT2D eigenvalue weighted by molar-refractivity contribution is 0.0295. The molecule has 0 spiro atoms. The molecule has 0 radical (unpaired) electrons. The van der Waals surface area contributed by atoms with Gasteiger partial charge in [-0.15, -0.1) is 11.3 Å². The van der Waals surface area contributed by atoms with Gasteiger partial charge in [0.15, 0.2) is 0 Å². The molecule has 0 bridgehead atoms. The third-order valence-electron chi connectivity index (χ3n) is 3.75. The standard InChI is InChI=1S/C15H16Br2N2OS/c16-11-7-14(21-15(11)17)12(19-18)8-13-10-4-2-1-3-9(10)5-6-20-13/h1-4,7,12-13,19H,5-6,8,18H2. The Labute approximate surface area is 145 Å². The molecule has 0 amide bonds. The molecule has 0 fully saturated rings. The van der Waals surface area contributed by atoms with Crippen LogP contribution in [0.3, 0.4) is 0 Å². The average molecular weight is 432 g/mol. The largest absolute Gasteiger partial charge is 0.373 e. The number of halogens is 2. The van der Waals surface area contributed by atoms with E-state index in [1.165, 1.54) is 16.0 Å². The number of hydrazine groups is 1. The van der Waals surface area contributed by atoms with Crippen molar-refractivity contribution in [2.75, 3.05) is 6.61 Å². The van der Waals surface area contributed by atoms with Gasteiger partial charge in [-0.3, -0.25) is 11.3 Å². The second-order valence-corrected chi connectivity index (χ2v) is 8.29. The highest BCUT2D eigenvalue weighted by atomic mass is 79.9. The Morgan fingerprint density at radius 2 is 2.19 bits per heavy atom. The highest BCUT2D eigenvalue weighted by Crippen LogP contribution is 2.39. The van der Waals surface area contributed by atoms with Crippen molar-refractivity contribution in [1.29, 1.82) is 0 Å². The summed E-state index contributed by atoms with van der Waals surface area (Å²) < 4.78 is 8.13. The van der Waals surface area contributed by atoms with Gasteiger partial charge < -0.3 is 4.74 Å². The molecule has 2 aromatic rings. The number of rotatable bonds is 4. The summed E-state index contributed by atoms with van der Waals surface area (Å²) in [5.74, 6) is 5.77. The molecule has 0 saturated heterocycles. The van der Waals surface area contributed by atoms with E-state index in [9.17, 15) is 0 Å². The SMILES string of the molecule is NNC(CC1OCCc2ccccc21)c1cc(Br)c(Br)s1. The highest BCUT2D eigenvalue weighted by Gasteiger charge is 2.25. The fraction of sp³-hybridized carbons (Fsp3) is 0.333. The predicted molar refractivity (Wildman–Crippen MR) is 93.2 cm³/mol. The van der Waals surface area contributed by atoms with Crippen LogP contribution in [0.1, 0.15) is 34.6 Å². The number of hydrogen-bond donors (Lipinski definition) is 2. The quantitative estimate of drug-likeness (QED) is 0.554. The van der Waals surface area contributed by atoms with Crippen LogP contribution in [-0.4, -0.2) is 6.61 Å². The number of ether oxygens (including phenoxy) is 1. The van der Waals surface area contributed by atoms with Crippen molar-refractivity contribution in [2.45, 2.75) is 25.0 Å². The topological polar surface area (TPSA) is 47.3 Å². The second-order valence-electron chi connectivity index (χ2n) is 5.03. The minimum absolute atomic E-state index is 0.0776. The van der Waals surface area contributed by atoms with Crippen LogP contribution in [-0.2, 0) is 11.2 Å². The van der Waals surface area contributed by atoms with E-state index in [-0.39, 0.29) is 12.1 Å². The van der Waals surface area contributed by atoms with Crippen LogP contribution in [0.2, 0.25) is 0 Å². The molecule has 1 aliphatic rings. The van der Waals surface area contributed by atoms with Crippen molar-refractivity contribution in [1.82, 2.24) is 5.43 Å². The number of nitrogens with one attached hydrogen (secondary N) is 1. The summed E-state index contributed by atoms with van der Waals surface area (Å²) in [6, 6.07) is 10.7. The van der Waals surface area contributed by atoms with E-state index in [1.807, 2.05) is 0 Å². The van der Waals surface area contributed by atoms with Gasteiger partial charge in [-0.25, -0.2) is 0 Å². The molecule has 1 aromatic heterocycles. The van der Waals surface area contributed by atoms with Crippen LogP contribution < -0.4 is 11.3 Å². The summed E-state index contributed by atoms with van der Waals surface area (Å²) in [4.78, 5) is 1.20. The van der Waals surface area contributed by atoms with Gasteiger partial charge >= 0.3 is 0 Å². The molecule has 1 aromatic carbocycles. The normalized spacial score (nSPS) is 19.3. The van der Waals surface area contributed by atoms with Crippen LogP contribution in [0, 0.1) is 0 Å². The third-order valence-corrected chi connectivity index (χ3v) is 7.12. The number of nitrogens with two attached hydrogens (primary N) is 1. The molecule has 0 aliphatic carbocycles. The summed E-state index contributed by atoms with van der Waals surface area (Å²) in [5, 5.41) is 0. The molecular weight excluding hydrogens is 416 g/mol. The molecular formula is C15H16Br2N2OS. The molecule has 2 heterocycles. The fourth-order valence-electron chi connectivity index (χ4n) is 2.69. The van der Waals surface area contributed by atoms with Crippen LogP contribution in [0.25, 0.3) is 0 Å². The number of fused-ring (bicyclic) bond motifs is 1. The zero-order chi connectivity index (χ0) is 14.8. The summed E-state index contributed by atoms with van der Waals surface area (Å²) in [6.45, 7) is 0.775. The summed E-state index contributed by atoms with van der Waals surface area (Å²) in [5.41, 5.74) is 5.60. The zero-order valence-electron chi connectivity index (χ0n) is 11.3. The van der Waals surface area contributed by atoms with E-state index in [1.54, 1.807) is 11.3 Å². The molecule has 0 saturated carbocycles. The number of benzene rings is 1. The third kappa shape index (κ3) is 3.41. The maximum Gasteiger partial charge on any atom is 0.0846 e. The first-order valence-electron chi connectivity index (χ1n) is 6.79. The molecule has 2 unspecified atom stereocenters.